The number of carbonyl (C=O) groups excluding carboxylic acids is 2. The molecule has 2 unspecified atom stereocenters. The van der Waals surface area contributed by atoms with Crippen molar-refractivity contribution in [1.82, 2.24) is 10.2 Å². The molecule has 1 aliphatic heterocycles. The Morgan fingerprint density at radius 3 is 2.52 bits per heavy atom. The van der Waals surface area contributed by atoms with Crippen LogP contribution < -0.4 is 11.1 Å². The molecule has 1 rings (SSSR count). The van der Waals surface area contributed by atoms with Crippen molar-refractivity contribution in [3.05, 3.63) is 24.3 Å². The van der Waals surface area contributed by atoms with E-state index in [1.54, 1.807) is 0 Å². The molecule has 0 radical (unpaired) electrons. The summed E-state index contributed by atoms with van der Waals surface area (Å²) in [6.45, 7) is 6.83. The fourth-order valence-corrected chi connectivity index (χ4v) is 2.16. The van der Waals surface area contributed by atoms with Crippen LogP contribution in [0.3, 0.4) is 0 Å². The number of nitrogens with one attached hydrogen (secondary N) is 1. The molecule has 3 N–H and O–H groups in total. The maximum Gasteiger partial charge on any atom is 0.240 e. The van der Waals surface area contributed by atoms with Gasteiger partial charge in [-0.2, -0.15) is 0 Å². The first-order valence-electron chi connectivity index (χ1n) is 7.64. The van der Waals surface area contributed by atoms with E-state index in [-0.39, 0.29) is 11.9 Å². The molecule has 5 nitrogen and oxygen atoms in total. The molecule has 0 spiro atoms. The second kappa shape index (κ2) is 11.1. The Kier molecular flexibility index (Phi) is 10.2. The summed E-state index contributed by atoms with van der Waals surface area (Å²) in [6, 6.07) is -0.774. The number of amides is 2. The maximum atomic E-state index is 12.1. The monoisotopic (exact) mass is 295 g/mol. The lowest BCUT2D eigenvalue weighted by Gasteiger charge is -2.21. The van der Waals surface area contributed by atoms with Crippen molar-refractivity contribution < 1.29 is 9.59 Å². The predicted octanol–water partition coefficient (Wildman–Crippen LogP) is 1.60. The first-order valence-corrected chi connectivity index (χ1v) is 7.64. The average Bonchev–Trinajstić information content (AvgIpc) is 2.90. The molecule has 120 valence electrons. The summed E-state index contributed by atoms with van der Waals surface area (Å²) in [6.07, 6.45) is 9.69. The Morgan fingerprint density at radius 2 is 2.05 bits per heavy atom. The highest BCUT2D eigenvalue weighted by Gasteiger charge is 2.29. The van der Waals surface area contributed by atoms with Gasteiger partial charge in [0.2, 0.25) is 11.8 Å². The molecule has 0 bridgehead atoms. The zero-order valence-corrected chi connectivity index (χ0v) is 13.6. The smallest absolute Gasteiger partial charge is 0.240 e. The van der Waals surface area contributed by atoms with Gasteiger partial charge in [0, 0.05) is 0 Å². The highest BCUT2D eigenvalue weighted by Crippen LogP contribution is 2.14. The van der Waals surface area contributed by atoms with Gasteiger partial charge in [0.25, 0.3) is 0 Å². The van der Waals surface area contributed by atoms with Gasteiger partial charge in [0.15, 0.2) is 0 Å². The molecule has 0 aliphatic carbocycles. The minimum absolute atomic E-state index is 0.108. The summed E-state index contributed by atoms with van der Waals surface area (Å²) >= 11 is 0. The molecule has 2 atom stereocenters. The number of nitrogens with zero attached hydrogens (tertiary/aromatic N) is 1. The van der Waals surface area contributed by atoms with Gasteiger partial charge in [-0.1, -0.05) is 38.2 Å². The fraction of sp³-hybridized carbons (Fsp3) is 0.625. The van der Waals surface area contributed by atoms with Crippen molar-refractivity contribution in [2.45, 2.75) is 52.1 Å². The summed E-state index contributed by atoms with van der Waals surface area (Å²) < 4.78 is 0. The van der Waals surface area contributed by atoms with E-state index >= 15 is 0 Å². The van der Waals surface area contributed by atoms with Gasteiger partial charge in [0.05, 0.1) is 6.04 Å². The highest BCUT2D eigenvalue weighted by atomic mass is 16.2. The van der Waals surface area contributed by atoms with Crippen LogP contribution in [0.25, 0.3) is 0 Å². The van der Waals surface area contributed by atoms with Crippen molar-refractivity contribution in [2.75, 3.05) is 13.6 Å². The number of primary amides is 1. The minimum Gasteiger partial charge on any atom is -0.368 e. The van der Waals surface area contributed by atoms with Gasteiger partial charge in [-0.05, 0) is 39.8 Å². The number of hydrogen-bond acceptors (Lipinski definition) is 3. The zero-order chi connectivity index (χ0) is 16.3. The molecular weight excluding hydrogens is 266 g/mol. The zero-order valence-electron chi connectivity index (χ0n) is 13.6. The molecule has 1 saturated heterocycles. The topological polar surface area (TPSA) is 75.4 Å². The van der Waals surface area contributed by atoms with Gasteiger partial charge in [0.1, 0.15) is 6.04 Å². The summed E-state index contributed by atoms with van der Waals surface area (Å²) in [5.74, 6) is -0.609. The lowest BCUT2D eigenvalue weighted by molar-refractivity contribution is -0.129. The van der Waals surface area contributed by atoms with Crippen LogP contribution >= 0.6 is 0 Å². The first kappa shape index (κ1) is 19.4. The van der Waals surface area contributed by atoms with Gasteiger partial charge in [-0.25, -0.2) is 0 Å². The standard InChI is InChI=1S/C14H23N3O2.C2H6/c1-3-4-5-6-8-11(13(15)18)16-14(19)12-9-7-10-17(12)2;1-2/h3-6,11-12H,7-10H2,1-2H3,(H2,15,18)(H,16,19);1-2H3/b4-3-,6-5-;. The number of rotatable bonds is 6. The average molecular weight is 295 g/mol. The van der Waals surface area contributed by atoms with E-state index in [9.17, 15) is 9.59 Å². The second-order valence-electron chi connectivity index (χ2n) is 4.79. The van der Waals surface area contributed by atoms with Crippen LogP contribution in [0.4, 0.5) is 0 Å². The van der Waals surface area contributed by atoms with Gasteiger partial charge in [-0.3, -0.25) is 14.5 Å². The van der Waals surface area contributed by atoms with Crippen molar-refractivity contribution in [3.63, 3.8) is 0 Å². The number of nitrogens with two attached hydrogens (primary N) is 1. The predicted molar refractivity (Wildman–Crippen MR) is 86.7 cm³/mol. The highest BCUT2D eigenvalue weighted by molar-refractivity contribution is 5.89. The van der Waals surface area contributed by atoms with Gasteiger partial charge < -0.3 is 11.1 Å². The second-order valence-corrected chi connectivity index (χ2v) is 4.79. The fourth-order valence-electron chi connectivity index (χ4n) is 2.16. The van der Waals surface area contributed by atoms with Crippen LogP contribution in [0.2, 0.25) is 0 Å². The SMILES string of the molecule is C/C=C\C=C/CC(NC(=O)C1CCCN1C)C(N)=O.CC. The molecule has 5 heteroatoms. The first-order chi connectivity index (χ1) is 10.1. The van der Waals surface area contributed by atoms with E-state index in [0.29, 0.717) is 6.42 Å². The Bertz CT molecular complexity index is 378. The largest absolute Gasteiger partial charge is 0.368 e. The van der Waals surface area contributed by atoms with Crippen LogP contribution in [0, 0.1) is 0 Å². The normalized spacial score (nSPS) is 20.3. The quantitative estimate of drug-likeness (QED) is 0.731. The lowest BCUT2D eigenvalue weighted by Crippen LogP contribution is -2.50. The van der Waals surface area contributed by atoms with E-state index in [4.69, 9.17) is 5.73 Å². The third-order valence-corrected chi connectivity index (χ3v) is 3.29. The van der Waals surface area contributed by atoms with Crippen LogP contribution in [-0.2, 0) is 9.59 Å². The Morgan fingerprint density at radius 1 is 1.38 bits per heavy atom. The molecule has 21 heavy (non-hydrogen) atoms. The summed E-state index contributed by atoms with van der Waals surface area (Å²) in [4.78, 5) is 25.4. The van der Waals surface area contributed by atoms with Gasteiger partial charge in [-0.15, -0.1) is 0 Å². The summed E-state index contributed by atoms with van der Waals surface area (Å²) in [5, 5.41) is 2.74. The summed E-state index contributed by atoms with van der Waals surface area (Å²) in [7, 11) is 1.92. The van der Waals surface area contributed by atoms with Crippen LogP contribution in [0.5, 0.6) is 0 Å². The summed E-state index contributed by atoms with van der Waals surface area (Å²) in [5.41, 5.74) is 5.31. The lowest BCUT2D eigenvalue weighted by atomic mass is 10.1. The van der Waals surface area contributed by atoms with E-state index in [1.807, 2.05) is 57.0 Å². The van der Waals surface area contributed by atoms with Gasteiger partial charge >= 0.3 is 0 Å². The third kappa shape index (κ3) is 7.09. The molecule has 1 heterocycles. The number of likely N-dealkylation sites (tertiary alicyclic amines) is 1. The molecule has 1 aliphatic rings. The Hall–Kier alpha value is -1.62. The van der Waals surface area contributed by atoms with Crippen molar-refractivity contribution in [3.8, 4) is 0 Å². The number of hydrogen-bond donors (Lipinski definition) is 2. The van der Waals surface area contributed by atoms with Crippen LogP contribution in [0.1, 0.15) is 40.0 Å². The molecule has 0 aromatic heterocycles. The Labute approximate surface area is 128 Å². The van der Waals surface area contributed by atoms with E-state index in [0.717, 1.165) is 19.4 Å². The number of allylic oxidation sites excluding steroid dienone is 3. The maximum absolute atomic E-state index is 12.1. The molecular formula is C16H29N3O2. The van der Waals surface area contributed by atoms with E-state index < -0.39 is 11.9 Å². The van der Waals surface area contributed by atoms with Crippen LogP contribution in [0.15, 0.2) is 24.3 Å². The van der Waals surface area contributed by atoms with E-state index in [1.165, 1.54) is 0 Å². The molecule has 0 aromatic carbocycles. The molecule has 0 aromatic rings. The van der Waals surface area contributed by atoms with Crippen molar-refractivity contribution >= 4 is 11.8 Å². The van der Waals surface area contributed by atoms with Crippen molar-refractivity contribution in [2.24, 2.45) is 5.73 Å². The molecule has 2 amide bonds. The molecule has 1 fully saturated rings. The molecule has 0 saturated carbocycles. The van der Waals surface area contributed by atoms with E-state index in [2.05, 4.69) is 5.32 Å². The minimum atomic E-state index is -0.636. The third-order valence-electron chi connectivity index (χ3n) is 3.29. The number of likely N-dealkylation sites (N-methyl/N-ethyl adjacent to an activating group) is 1. The Balaban J connectivity index is 0.00000191. The van der Waals surface area contributed by atoms with Crippen molar-refractivity contribution in [1.29, 1.82) is 0 Å². The number of carbonyl (C=O) groups is 2. The van der Waals surface area contributed by atoms with Crippen LogP contribution in [-0.4, -0.2) is 42.4 Å².